The Kier molecular flexibility index (Phi) is 4.33. The first-order valence-electron chi connectivity index (χ1n) is 5.33. The van der Waals surface area contributed by atoms with E-state index in [1.165, 1.54) is 14.2 Å². The number of methoxy groups -OCH3 is 1. The highest BCUT2D eigenvalue weighted by Crippen LogP contribution is 2.29. The highest BCUT2D eigenvalue weighted by atomic mass is 32.2. The number of hydrogen-bond donors (Lipinski definition) is 0. The zero-order valence-corrected chi connectivity index (χ0v) is 11.7. The SMILES string of the molecule is COc1cc(C)c(C)cc1S(=O)(=O)N(C)CC#N. The second kappa shape index (κ2) is 5.38. The minimum atomic E-state index is -3.70. The van der Waals surface area contributed by atoms with E-state index >= 15 is 0 Å². The molecule has 0 unspecified atom stereocenters. The van der Waals surface area contributed by atoms with Crippen LogP contribution in [0.3, 0.4) is 0 Å². The predicted octanol–water partition coefficient (Wildman–Crippen LogP) is 1.46. The van der Waals surface area contributed by atoms with Crippen LogP contribution in [-0.2, 0) is 10.0 Å². The number of aryl methyl sites for hydroxylation is 2. The second-order valence-corrected chi connectivity index (χ2v) is 6.02. The van der Waals surface area contributed by atoms with E-state index in [4.69, 9.17) is 10.00 Å². The smallest absolute Gasteiger partial charge is 0.247 e. The lowest BCUT2D eigenvalue weighted by molar-refractivity contribution is 0.399. The lowest BCUT2D eigenvalue weighted by atomic mass is 10.1. The molecule has 1 rings (SSSR count). The molecule has 98 valence electrons. The fourth-order valence-electron chi connectivity index (χ4n) is 1.48. The fourth-order valence-corrected chi connectivity index (χ4v) is 2.76. The summed E-state index contributed by atoms with van der Waals surface area (Å²) in [6.45, 7) is 3.52. The summed E-state index contributed by atoms with van der Waals surface area (Å²) in [5.74, 6) is 0.294. The van der Waals surface area contributed by atoms with Gasteiger partial charge in [-0.15, -0.1) is 0 Å². The van der Waals surface area contributed by atoms with Crippen LogP contribution < -0.4 is 4.74 Å². The zero-order chi connectivity index (χ0) is 13.9. The first-order valence-corrected chi connectivity index (χ1v) is 6.77. The summed E-state index contributed by atoms with van der Waals surface area (Å²) in [4.78, 5) is 0.0888. The van der Waals surface area contributed by atoms with E-state index in [0.717, 1.165) is 15.4 Å². The van der Waals surface area contributed by atoms with Crippen molar-refractivity contribution < 1.29 is 13.2 Å². The Morgan fingerprint density at radius 3 is 2.39 bits per heavy atom. The molecular weight excluding hydrogens is 252 g/mol. The van der Waals surface area contributed by atoms with Gasteiger partial charge < -0.3 is 4.74 Å². The molecule has 0 radical (unpaired) electrons. The van der Waals surface area contributed by atoms with Crippen LogP contribution in [0, 0.1) is 25.2 Å². The Balaban J connectivity index is 3.41. The van der Waals surface area contributed by atoms with Gasteiger partial charge in [-0.25, -0.2) is 8.42 Å². The highest BCUT2D eigenvalue weighted by Gasteiger charge is 2.25. The van der Waals surface area contributed by atoms with Crippen LogP contribution in [0.4, 0.5) is 0 Å². The monoisotopic (exact) mass is 268 g/mol. The maximum absolute atomic E-state index is 12.3. The number of sulfonamides is 1. The van der Waals surface area contributed by atoms with Gasteiger partial charge in [0.25, 0.3) is 0 Å². The maximum Gasteiger partial charge on any atom is 0.247 e. The van der Waals surface area contributed by atoms with Gasteiger partial charge in [0.05, 0.1) is 13.2 Å². The summed E-state index contributed by atoms with van der Waals surface area (Å²) < 4.78 is 30.6. The second-order valence-electron chi connectivity index (χ2n) is 4.01. The molecule has 0 aliphatic rings. The van der Waals surface area contributed by atoms with Crippen molar-refractivity contribution in [3.63, 3.8) is 0 Å². The molecule has 6 heteroatoms. The van der Waals surface area contributed by atoms with Crippen LogP contribution in [-0.4, -0.2) is 33.4 Å². The lowest BCUT2D eigenvalue weighted by Gasteiger charge is -2.17. The van der Waals surface area contributed by atoms with Gasteiger partial charge in [-0.3, -0.25) is 0 Å². The van der Waals surface area contributed by atoms with Crippen molar-refractivity contribution in [3.8, 4) is 11.8 Å². The largest absolute Gasteiger partial charge is 0.495 e. The van der Waals surface area contributed by atoms with Gasteiger partial charge in [0.1, 0.15) is 17.2 Å². The van der Waals surface area contributed by atoms with E-state index in [9.17, 15) is 8.42 Å². The Morgan fingerprint density at radius 2 is 1.89 bits per heavy atom. The molecule has 0 atom stereocenters. The molecule has 0 saturated carbocycles. The molecule has 0 amide bonds. The molecule has 0 aromatic heterocycles. The molecule has 0 bridgehead atoms. The first-order chi connectivity index (χ1) is 8.34. The summed E-state index contributed by atoms with van der Waals surface area (Å²) >= 11 is 0. The molecule has 1 aromatic carbocycles. The van der Waals surface area contributed by atoms with Gasteiger partial charge in [-0.05, 0) is 37.1 Å². The first kappa shape index (κ1) is 14.5. The van der Waals surface area contributed by atoms with E-state index in [2.05, 4.69) is 0 Å². The van der Waals surface area contributed by atoms with Crippen LogP contribution in [0.1, 0.15) is 11.1 Å². The van der Waals surface area contributed by atoms with Crippen molar-refractivity contribution in [2.45, 2.75) is 18.7 Å². The Hall–Kier alpha value is -1.58. The third-order valence-electron chi connectivity index (χ3n) is 2.76. The molecule has 0 aliphatic carbocycles. The summed E-state index contributed by atoms with van der Waals surface area (Å²) in [6, 6.07) is 5.06. The van der Waals surface area contributed by atoms with Crippen LogP contribution >= 0.6 is 0 Å². The number of nitriles is 1. The molecule has 18 heavy (non-hydrogen) atoms. The third-order valence-corrected chi connectivity index (χ3v) is 4.59. The van der Waals surface area contributed by atoms with Crippen LogP contribution in [0.15, 0.2) is 17.0 Å². The molecule has 0 heterocycles. The van der Waals surface area contributed by atoms with Crippen LogP contribution in [0.5, 0.6) is 5.75 Å². The lowest BCUT2D eigenvalue weighted by Crippen LogP contribution is -2.27. The highest BCUT2D eigenvalue weighted by molar-refractivity contribution is 7.89. The average molecular weight is 268 g/mol. The van der Waals surface area contributed by atoms with Crippen molar-refractivity contribution in [2.24, 2.45) is 0 Å². The molecule has 5 nitrogen and oxygen atoms in total. The molecule has 0 N–H and O–H groups in total. The van der Waals surface area contributed by atoms with E-state index in [1.54, 1.807) is 12.1 Å². The normalized spacial score (nSPS) is 11.3. The number of rotatable bonds is 4. The Labute approximate surface area is 108 Å². The Morgan fingerprint density at radius 1 is 1.33 bits per heavy atom. The van der Waals surface area contributed by atoms with Crippen LogP contribution in [0.25, 0.3) is 0 Å². The van der Waals surface area contributed by atoms with Gasteiger partial charge in [0, 0.05) is 7.05 Å². The van der Waals surface area contributed by atoms with Crippen molar-refractivity contribution in [2.75, 3.05) is 20.7 Å². The maximum atomic E-state index is 12.3. The summed E-state index contributed by atoms with van der Waals surface area (Å²) in [6.07, 6.45) is 0. The Bertz CT molecular complexity index is 588. The molecule has 0 aliphatic heterocycles. The number of benzene rings is 1. The van der Waals surface area contributed by atoms with Crippen molar-refractivity contribution in [1.29, 1.82) is 5.26 Å². The van der Waals surface area contributed by atoms with Gasteiger partial charge in [-0.1, -0.05) is 0 Å². The van der Waals surface area contributed by atoms with Gasteiger partial charge in [0.2, 0.25) is 10.0 Å². The van der Waals surface area contributed by atoms with Crippen molar-refractivity contribution in [3.05, 3.63) is 23.3 Å². The molecule has 0 spiro atoms. The number of hydrogen-bond acceptors (Lipinski definition) is 4. The predicted molar refractivity (Wildman–Crippen MR) is 67.9 cm³/mol. The van der Waals surface area contributed by atoms with Crippen molar-refractivity contribution >= 4 is 10.0 Å². The van der Waals surface area contributed by atoms with Gasteiger partial charge >= 0.3 is 0 Å². The molecule has 0 fully saturated rings. The quantitative estimate of drug-likeness (QED) is 0.775. The topological polar surface area (TPSA) is 70.4 Å². The average Bonchev–Trinajstić information content (AvgIpc) is 2.32. The van der Waals surface area contributed by atoms with Crippen molar-refractivity contribution in [1.82, 2.24) is 4.31 Å². The fraction of sp³-hybridized carbons (Fsp3) is 0.417. The van der Waals surface area contributed by atoms with Crippen LogP contribution in [0.2, 0.25) is 0 Å². The molecule has 1 aromatic rings. The standard InChI is InChI=1S/C12H16N2O3S/c1-9-7-11(17-4)12(8-10(9)2)18(15,16)14(3)6-5-13/h7-8H,6H2,1-4H3. The summed E-state index contributed by atoms with van der Waals surface area (Å²) in [5, 5.41) is 8.58. The van der Waals surface area contributed by atoms with Gasteiger partial charge in [-0.2, -0.15) is 9.57 Å². The van der Waals surface area contributed by atoms with Gasteiger partial charge in [0.15, 0.2) is 0 Å². The summed E-state index contributed by atoms with van der Waals surface area (Å²) in [5.41, 5.74) is 1.81. The third kappa shape index (κ3) is 2.63. The summed E-state index contributed by atoms with van der Waals surface area (Å²) in [7, 11) is -0.905. The zero-order valence-electron chi connectivity index (χ0n) is 10.9. The molecular formula is C12H16N2O3S. The number of nitrogens with zero attached hydrogens (tertiary/aromatic N) is 2. The van der Waals surface area contributed by atoms with E-state index in [0.29, 0.717) is 5.75 Å². The van der Waals surface area contributed by atoms with E-state index in [-0.39, 0.29) is 11.4 Å². The van der Waals surface area contributed by atoms with E-state index in [1.807, 2.05) is 19.9 Å². The minimum absolute atomic E-state index is 0.0888. The number of ether oxygens (including phenoxy) is 1. The molecule has 0 saturated heterocycles. The van der Waals surface area contributed by atoms with E-state index < -0.39 is 10.0 Å². The minimum Gasteiger partial charge on any atom is -0.495 e.